The standard InChI is InChI=1S/C35H39N5O6/c41-31(20-24-10-5-2-6-11-24)38-28-15-13-27-14-16-30(40(27)35(28)46)34(45)39-29(19-25-12-7-17-36-22-25)33(44)37-26(21-32(42)43)18-23-8-3-1-4-9-23/h1-12,17,22,26-30H,13-16,18-21H2,(H,37,44)(H,38,41)(H,39,45)(H,42,43)/t26-,27+,28-,29-,30-/m0/s1. The molecule has 2 aromatic carbocycles. The number of rotatable bonds is 13. The number of carbonyl (C=O) groups is 5. The number of fused-ring (bicyclic) bond motifs is 1. The van der Waals surface area contributed by atoms with Gasteiger partial charge in [-0.2, -0.15) is 0 Å². The molecule has 0 aliphatic carbocycles. The van der Waals surface area contributed by atoms with Crippen molar-refractivity contribution in [3.63, 3.8) is 0 Å². The van der Waals surface area contributed by atoms with Gasteiger partial charge in [-0.25, -0.2) is 0 Å². The van der Waals surface area contributed by atoms with Crippen LogP contribution in [-0.2, 0) is 43.2 Å². The fourth-order valence-corrected chi connectivity index (χ4v) is 6.40. The molecule has 5 rings (SSSR count). The van der Waals surface area contributed by atoms with Crippen molar-refractivity contribution in [2.45, 2.75) is 81.6 Å². The highest BCUT2D eigenvalue weighted by Crippen LogP contribution is 2.33. The number of amides is 4. The predicted molar refractivity (Wildman–Crippen MR) is 169 cm³/mol. The average molecular weight is 626 g/mol. The van der Waals surface area contributed by atoms with Crippen LogP contribution in [0, 0.1) is 0 Å². The molecule has 240 valence electrons. The van der Waals surface area contributed by atoms with E-state index in [0.29, 0.717) is 37.7 Å². The van der Waals surface area contributed by atoms with Gasteiger partial charge in [0.05, 0.1) is 12.8 Å². The number of aromatic nitrogens is 1. The minimum Gasteiger partial charge on any atom is -0.481 e. The summed E-state index contributed by atoms with van der Waals surface area (Å²) in [6, 6.07) is 18.7. The molecule has 0 saturated carbocycles. The zero-order valence-electron chi connectivity index (χ0n) is 25.5. The van der Waals surface area contributed by atoms with E-state index in [2.05, 4.69) is 20.9 Å². The van der Waals surface area contributed by atoms with Gasteiger partial charge in [0.1, 0.15) is 18.1 Å². The lowest BCUT2D eigenvalue weighted by atomic mass is 9.97. The van der Waals surface area contributed by atoms with Gasteiger partial charge in [0, 0.05) is 30.9 Å². The summed E-state index contributed by atoms with van der Waals surface area (Å²) in [7, 11) is 0. The van der Waals surface area contributed by atoms with Gasteiger partial charge in [0.2, 0.25) is 23.6 Å². The Balaban J connectivity index is 1.28. The number of benzene rings is 2. The van der Waals surface area contributed by atoms with Crippen LogP contribution in [0.25, 0.3) is 0 Å². The van der Waals surface area contributed by atoms with Crippen molar-refractivity contribution in [1.82, 2.24) is 25.8 Å². The summed E-state index contributed by atoms with van der Waals surface area (Å²) in [6.07, 6.45) is 5.72. The quantitative estimate of drug-likeness (QED) is 0.227. The first kappa shape index (κ1) is 32.3. The number of carbonyl (C=O) groups excluding carboxylic acids is 4. The molecule has 3 aromatic rings. The van der Waals surface area contributed by atoms with E-state index in [1.807, 2.05) is 60.7 Å². The second kappa shape index (κ2) is 15.3. The molecule has 4 N–H and O–H groups in total. The van der Waals surface area contributed by atoms with Crippen LogP contribution in [0.15, 0.2) is 85.2 Å². The van der Waals surface area contributed by atoms with E-state index >= 15 is 0 Å². The van der Waals surface area contributed by atoms with Crippen LogP contribution < -0.4 is 16.0 Å². The number of nitrogens with one attached hydrogen (secondary N) is 3. The van der Waals surface area contributed by atoms with Gasteiger partial charge in [-0.05, 0) is 54.9 Å². The third kappa shape index (κ3) is 8.56. The average Bonchev–Trinajstić information content (AvgIpc) is 3.48. The smallest absolute Gasteiger partial charge is 0.305 e. The van der Waals surface area contributed by atoms with Gasteiger partial charge in [-0.15, -0.1) is 0 Å². The van der Waals surface area contributed by atoms with E-state index in [9.17, 15) is 29.1 Å². The van der Waals surface area contributed by atoms with Crippen molar-refractivity contribution in [3.05, 3.63) is 102 Å². The fraction of sp³-hybridized carbons (Fsp3) is 0.371. The van der Waals surface area contributed by atoms with E-state index in [0.717, 1.165) is 11.1 Å². The van der Waals surface area contributed by atoms with Crippen LogP contribution in [-0.4, -0.2) is 74.8 Å². The van der Waals surface area contributed by atoms with Gasteiger partial charge in [-0.1, -0.05) is 66.7 Å². The first-order chi connectivity index (χ1) is 22.3. The molecule has 46 heavy (non-hydrogen) atoms. The van der Waals surface area contributed by atoms with Crippen LogP contribution in [0.1, 0.15) is 48.8 Å². The van der Waals surface area contributed by atoms with Gasteiger partial charge in [-0.3, -0.25) is 29.0 Å². The monoisotopic (exact) mass is 625 g/mol. The van der Waals surface area contributed by atoms with E-state index in [-0.39, 0.29) is 37.1 Å². The lowest BCUT2D eigenvalue weighted by molar-refractivity contribution is -0.146. The largest absolute Gasteiger partial charge is 0.481 e. The number of pyridine rings is 1. The normalized spacial score (nSPS) is 20.2. The molecule has 0 unspecified atom stereocenters. The van der Waals surface area contributed by atoms with Crippen molar-refractivity contribution in [2.75, 3.05) is 0 Å². The molecule has 5 atom stereocenters. The van der Waals surface area contributed by atoms with E-state index in [4.69, 9.17) is 0 Å². The Bertz CT molecular complexity index is 1520. The Hall–Kier alpha value is -5.06. The first-order valence-electron chi connectivity index (χ1n) is 15.7. The van der Waals surface area contributed by atoms with Gasteiger partial charge in [0.15, 0.2) is 0 Å². The highest BCUT2D eigenvalue weighted by Gasteiger charge is 2.46. The molecule has 11 nitrogen and oxygen atoms in total. The van der Waals surface area contributed by atoms with Crippen molar-refractivity contribution < 1.29 is 29.1 Å². The van der Waals surface area contributed by atoms with E-state index in [1.54, 1.807) is 29.4 Å². The van der Waals surface area contributed by atoms with Gasteiger partial charge >= 0.3 is 5.97 Å². The van der Waals surface area contributed by atoms with Crippen LogP contribution in [0.4, 0.5) is 0 Å². The van der Waals surface area contributed by atoms with E-state index in [1.165, 1.54) is 0 Å². The van der Waals surface area contributed by atoms with Crippen molar-refractivity contribution in [1.29, 1.82) is 0 Å². The molecule has 2 aliphatic heterocycles. The molecule has 11 heteroatoms. The molecule has 0 radical (unpaired) electrons. The summed E-state index contributed by atoms with van der Waals surface area (Å²) >= 11 is 0. The number of carboxylic acid groups (broad SMARTS) is 1. The summed E-state index contributed by atoms with van der Waals surface area (Å²) < 4.78 is 0. The molecule has 0 bridgehead atoms. The Kier molecular flexibility index (Phi) is 10.7. The lowest BCUT2D eigenvalue weighted by Crippen LogP contribution is -2.60. The Morgan fingerprint density at radius 1 is 0.826 bits per heavy atom. The topological polar surface area (TPSA) is 158 Å². The van der Waals surface area contributed by atoms with Crippen LogP contribution in [0.2, 0.25) is 0 Å². The SMILES string of the molecule is O=C(O)C[C@H](Cc1ccccc1)NC(=O)[C@H](Cc1cccnc1)NC(=O)[C@@H]1CC[C@H]2CC[C@H](NC(=O)Cc3ccccc3)C(=O)N21. The number of hydrogen-bond donors (Lipinski definition) is 4. The molecule has 1 aromatic heterocycles. The Labute approximate surface area is 267 Å². The number of nitrogens with zero attached hydrogens (tertiary/aromatic N) is 2. The van der Waals surface area contributed by atoms with Crippen LogP contribution in [0.5, 0.6) is 0 Å². The highest BCUT2D eigenvalue weighted by molar-refractivity contribution is 5.95. The Morgan fingerprint density at radius 3 is 2.17 bits per heavy atom. The number of carboxylic acids is 1. The maximum absolute atomic E-state index is 13.8. The molecule has 0 spiro atoms. The number of piperidine rings is 1. The molecule has 4 amide bonds. The Morgan fingerprint density at radius 2 is 1.50 bits per heavy atom. The molecular formula is C35H39N5O6. The van der Waals surface area contributed by atoms with Crippen molar-refractivity contribution >= 4 is 29.6 Å². The minimum atomic E-state index is -1.06. The van der Waals surface area contributed by atoms with Crippen LogP contribution in [0.3, 0.4) is 0 Å². The lowest BCUT2D eigenvalue weighted by Gasteiger charge is -2.38. The highest BCUT2D eigenvalue weighted by atomic mass is 16.4. The van der Waals surface area contributed by atoms with Crippen LogP contribution >= 0.6 is 0 Å². The van der Waals surface area contributed by atoms with Crippen molar-refractivity contribution in [2.24, 2.45) is 0 Å². The van der Waals surface area contributed by atoms with Crippen molar-refractivity contribution in [3.8, 4) is 0 Å². The number of aliphatic carboxylic acids is 1. The molecule has 2 saturated heterocycles. The molecular weight excluding hydrogens is 586 g/mol. The third-order valence-electron chi connectivity index (χ3n) is 8.58. The third-order valence-corrected chi connectivity index (χ3v) is 8.58. The summed E-state index contributed by atoms with van der Waals surface area (Å²) in [5.74, 6) is -2.60. The van der Waals surface area contributed by atoms with Gasteiger partial charge in [0.25, 0.3) is 0 Å². The summed E-state index contributed by atoms with van der Waals surface area (Å²) in [4.78, 5) is 71.2. The molecule has 3 heterocycles. The zero-order valence-corrected chi connectivity index (χ0v) is 25.5. The maximum atomic E-state index is 13.8. The molecule has 2 fully saturated rings. The first-order valence-corrected chi connectivity index (χ1v) is 15.7. The van der Waals surface area contributed by atoms with Gasteiger partial charge < -0.3 is 26.0 Å². The summed E-state index contributed by atoms with van der Waals surface area (Å²) in [5, 5.41) is 18.1. The zero-order chi connectivity index (χ0) is 32.5. The maximum Gasteiger partial charge on any atom is 0.305 e. The summed E-state index contributed by atoms with van der Waals surface area (Å²) in [6.45, 7) is 0. The summed E-state index contributed by atoms with van der Waals surface area (Å²) in [5.41, 5.74) is 2.42. The molecule has 2 aliphatic rings. The second-order valence-electron chi connectivity index (χ2n) is 12.0. The fourth-order valence-electron chi connectivity index (χ4n) is 6.40. The minimum absolute atomic E-state index is 0.123. The van der Waals surface area contributed by atoms with E-state index < -0.39 is 42.0 Å². The predicted octanol–water partition coefficient (Wildman–Crippen LogP) is 2.19. The second-order valence-corrected chi connectivity index (χ2v) is 12.0. The number of hydrogen-bond acceptors (Lipinski definition) is 6.